The first-order chi connectivity index (χ1) is 15.9. The smallest absolute Gasteiger partial charge is 0.283 e. The number of carbonyl (C=O) groups excluding carboxylic acids is 2. The van der Waals surface area contributed by atoms with Gasteiger partial charge in [-0.05, 0) is 26.0 Å². The van der Waals surface area contributed by atoms with Crippen molar-refractivity contribution in [2.24, 2.45) is 0 Å². The monoisotopic (exact) mass is 457 g/mol. The van der Waals surface area contributed by atoms with Crippen LogP contribution in [0.2, 0.25) is 0 Å². The Labute approximate surface area is 194 Å². The zero-order valence-corrected chi connectivity index (χ0v) is 18.7. The summed E-state index contributed by atoms with van der Waals surface area (Å²) in [7, 11) is 0. The molecular formula is C25H19N3O4S. The van der Waals surface area contributed by atoms with Gasteiger partial charge in [-0.15, -0.1) is 0 Å². The molecule has 0 N–H and O–H groups in total. The fraction of sp³-hybridized carbons (Fsp3) is 0.0800. The van der Waals surface area contributed by atoms with E-state index in [0.717, 1.165) is 0 Å². The molecule has 0 spiro atoms. The minimum absolute atomic E-state index is 0.0146. The largest absolute Gasteiger partial charge is 0.289 e. The summed E-state index contributed by atoms with van der Waals surface area (Å²) in [5.41, 5.74) is 2.10. The Balaban J connectivity index is 1.72. The van der Waals surface area contributed by atoms with E-state index in [1.807, 2.05) is 6.07 Å². The second kappa shape index (κ2) is 9.22. The van der Waals surface area contributed by atoms with E-state index in [1.165, 1.54) is 22.5 Å². The lowest BCUT2D eigenvalue weighted by atomic mass is 9.98. The molecule has 0 aliphatic rings. The molecule has 0 aliphatic carbocycles. The number of ketones is 1. The maximum atomic E-state index is 13.4. The lowest BCUT2D eigenvalue weighted by Gasteiger charge is -2.09. The van der Waals surface area contributed by atoms with E-state index in [9.17, 15) is 19.7 Å². The average Bonchev–Trinajstić information content (AvgIpc) is 3.12. The molecule has 3 aromatic carbocycles. The van der Waals surface area contributed by atoms with Crippen molar-refractivity contribution in [2.45, 2.75) is 23.6 Å². The van der Waals surface area contributed by atoms with Crippen LogP contribution in [-0.4, -0.2) is 26.4 Å². The fourth-order valence-corrected chi connectivity index (χ4v) is 4.54. The van der Waals surface area contributed by atoms with Crippen LogP contribution in [0, 0.1) is 24.0 Å². The van der Waals surface area contributed by atoms with Crippen LogP contribution in [0.25, 0.3) is 0 Å². The molecular weight excluding hydrogens is 438 g/mol. The van der Waals surface area contributed by atoms with Gasteiger partial charge in [0.25, 0.3) is 11.6 Å². The maximum Gasteiger partial charge on any atom is 0.283 e. The van der Waals surface area contributed by atoms with Crippen LogP contribution in [0.3, 0.4) is 0 Å². The molecule has 4 rings (SSSR count). The number of nitrogens with zero attached hydrogens (tertiary/aromatic N) is 3. The summed E-state index contributed by atoms with van der Waals surface area (Å²) in [5, 5.41) is 15.8. The number of aromatic nitrogens is 2. The number of rotatable bonds is 6. The van der Waals surface area contributed by atoms with E-state index in [2.05, 4.69) is 5.10 Å². The van der Waals surface area contributed by atoms with Crippen LogP contribution in [0.5, 0.6) is 0 Å². The zero-order valence-electron chi connectivity index (χ0n) is 17.9. The molecule has 164 valence electrons. The van der Waals surface area contributed by atoms with Gasteiger partial charge in [0.05, 0.1) is 31.7 Å². The van der Waals surface area contributed by atoms with Gasteiger partial charge in [0.2, 0.25) is 0 Å². The minimum Gasteiger partial charge on any atom is -0.289 e. The second-order valence-corrected chi connectivity index (χ2v) is 8.34. The molecule has 4 aromatic rings. The number of hydrogen-bond donors (Lipinski definition) is 0. The highest BCUT2D eigenvalue weighted by Gasteiger charge is 2.24. The van der Waals surface area contributed by atoms with Gasteiger partial charge < -0.3 is 0 Å². The van der Waals surface area contributed by atoms with Crippen LogP contribution in [0.1, 0.15) is 37.7 Å². The van der Waals surface area contributed by atoms with Crippen molar-refractivity contribution < 1.29 is 14.5 Å². The molecule has 0 amide bonds. The van der Waals surface area contributed by atoms with Crippen LogP contribution >= 0.6 is 11.8 Å². The predicted octanol–water partition coefficient (Wildman–Crippen LogP) is 5.48. The Hall–Kier alpha value is -4.04. The number of nitro groups is 1. The average molecular weight is 458 g/mol. The Bertz CT molecular complexity index is 1380. The Kier molecular flexibility index (Phi) is 6.19. The van der Waals surface area contributed by atoms with Gasteiger partial charge >= 0.3 is 0 Å². The lowest BCUT2D eigenvalue weighted by Crippen LogP contribution is -2.19. The minimum atomic E-state index is -0.440. The van der Waals surface area contributed by atoms with E-state index in [-0.39, 0.29) is 22.6 Å². The highest BCUT2D eigenvalue weighted by Crippen LogP contribution is 2.38. The third-order valence-corrected chi connectivity index (χ3v) is 6.49. The van der Waals surface area contributed by atoms with Crippen molar-refractivity contribution in [1.29, 1.82) is 0 Å². The molecule has 0 saturated heterocycles. The third kappa shape index (κ3) is 4.33. The maximum absolute atomic E-state index is 13.4. The summed E-state index contributed by atoms with van der Waals surface area (Å²) in [6, 6.07) is 21.8. The molecule has 33 heavy (non-hydrogen) atoms. The van der Waals surface area contributed by atoms with E-state index in [4.69, 9.17) is 0 Å². The summed E-state index contributed by atoms with van der Waals surface area (Å²) in [6.07, 6.45) is 0. The van der Waals surface area contributed by atoms with Crippen LogP contribution in [0.15, 0.2) is 88.7 Å². The molecule has 1 aromatic heterocycles. The first kappa shape index (κ1) is 22.2. The van der Waals surface area contributed by atoms with Gasteiger partial charge in [-0.2, -0.15) is 9.78 Å². The van der Waals surface area contributed by atoms with E-state index in [1.54, 1.807) is 80.6 Å². The van der Waals surface area contributed by atoms with Gasteiger partial charge in [0.1, 0.15) is 0 Å². The highest BCUT2D eigenvalue weighted by molar-refractivity contribution is 7.99. The molecule has 1 heterocycles. The molecule has 0 bridgehead atoms. The Morgan fingerprint density at radius 2 is 1.48 bits per heavy atom. The van der Waals surface area contributed by atoms with Crippen molar-refractivity contribution in [3.63, 3.8) is 0 Å². The predicted molar refractivity (Wildman–Crippen MR) is 125 cm³/mol. The van der Waals surface area contributed by atoms with Crippen molar-refractivity contribution in [3.05, 3.63) is 117 Å². The number of nitro benzene ring substituents is 1. The fourth-order valence-electron chi connectivity index (χ4n) is 3.50. The highest BCUT2D eigenvalue weighted by atomic mass is 32.2. The number of hydrogen-bond acceptors (Lipinski definition) is 6. The molecule has 0 radical (unpaired) electrons. The number of aryl methyl sites for hydroxylation is 1. The van der Waals surface area contributed by atoms with Gasteiger partial charge in [-0.25, -0.2) is 0 Å². The van der Waals surface area contributed by atoms with Gasteiger partial charge in [-0.1, -0.05) is 72.4 Å². The van der Waals surface area contributed by atoms with Crippen LogP contribution < -0.4 is 0 Å². The summed E-state index contributed by atoms with van der Waals surface area (Å²) in [4.78, 5) is 38.6. The molecule has 0 unspecified atom stereocenters. The lowest BCUT2D eigenvalue weighted by molar-refractivity contribution is -0.387. The van der Waals surface area contributed by atoms with Crippen molar-refractivity contribution in [1.82, 2.24) is 9.78 Å². The Morgan fingerprint density at radius 3 is 2.18 bits per heavy atom. The third-order valence-electron chi connectivity index (χ3n) is 5.13. The van der Waals surface area contributed by atoms with E-state index < -0.39 is 10.8 Å². The number of carbonyl (C=O) groups is 2. The van der Waals surface area contributed by atoms with Gasteiger partial charge in [-0.3, -0.25) is 19.7 Å². The first-order valence-electron chi connectivity index (χ1n) is 10.1. The molecule has 0 atom stereocenters. The summed E-state index contributed by atoms with van der Waals surface area (Å²) < 4.78 is 1.25. The van der Waals surface area contributed by atoms with Crippen molar-refractivity contribution in [3.8, 4) is 0 Å². The summed E-state index contributed by atoms with van der Waals surface area (Å²) in [5.74, 6) is -0.694. The standard InChI is InChI=1S/C25H19N3O4S/c1-16-24(33-22-15-9-8-14-21(22)28(31)32)17(2)27(26-16)25(30)20-13-7-6-12-19(20)23(29)18-10-4-3-5-11-18/h3-15H,1-2H3. The number of benzene rings is 3. The second-order valence-electron chi connectivity index (χ2n) is 7.28. The zero-order chi connectivity index (χ0) is 23.5. The normalized spacial score (nSPS) is 10.7. The summed E-state index contributed by atoms with van der Waals surface area (Å²) in [6.45, 7) is 3.48. The topological polar surface area (TPSA) is 95.1 Å². The van der Waals surface area contributed by atoms with E-state index in [0.29, 0.717) is 26.7 Å². The molecule has 7 nitrogen and oxygen atoms in total. The molecule has 0 aliphatic heterocycles. The SMILES string of the molecule is Cc1nn(C(=O)c2ccccc2C(=O)c2ccccc2)c(C)c1Sc1ccccc1[N+](=O)[O-]. The van der Waals surface area contributed by atoms with Gasteiger partial charge in [0.15, 0.2) is 5.78 Å². The quantitative estimate of drug-likeness (QED) is 0.216. The van der Waals surface area contributed by atoms with E-state index >= 15 is 0 Å². The van der Waals surface area contributed by atoms with Crippen LogP contribution in [0.4, 0.5) is 5.69 Å². The first-order valence-corrected chi connectivity index (χ1v) is 10.9. The van der Waals surface area contributed by atoms with Crippen LogP contribution in [-0.2, 0) is 0 Å². The molecule has 0 saturated carbocycles. The van der Waals surface area contributed by atoms with Crippen molar-refractivity contribution >= 4 is 29.1 Å². The number of para-hydroxylation sites is 1. The Morgan fingerprint density at radius 1 is 0.879 bits per heavy atom. The molecule has 0 fully saturated rings. The summed E-state index contributed by atoms with van der Waals surface area (Å²) >= 11 is 1.19. The van der Waals surface area contributed by atoms with Gasteiger partial charge in [0, 0.05) is 17.2 Å². The van der Waals surface area contributed by atoms with Crippen molar-refractivity contribution in [2.75, 3.05) is 0 Å². The molecule has 8 heteroatoms.